The average Bonchev–Trinajstić information content (AvgIpc) is 2.17. The first-order valence-corrected chi connectivity index (χ1v) is 5.42. The zero-order valence-electron chi connectivity index (χ0n) is 9.68. The minimum Gasteiger partial charge on any atom is -0.378 e. The molecule has 0 saturated carbocycles. The van der Waals surface area contributed by atoms with Gasteiger partial charge < -0.3 is 4.74 Å². The fraction of sp³-hybridized carbons (Fsp3) is 1.00. The Hall–Kier alpha value is -0.0400. The van der Waals surface area contributed by atoms with Crippen molar-refractivity contribution in [3.8, 4) is 0 Å². The van der Waals surface area contributed by atoms with Crippen LogP contribution in [-0.2, 0) is 4.74 Å². The van der Waals surface area contributed by atoms with Gasteiger partial charge in [0.05, 0.1) is 6.10 Å². The molecule has 0 aromatic carbocycles. The van der Waals surface area contributed by atoms with Crippen LogP contribution in [0, 0.1) is 5.92 Å². The lowest BCUT2D eigenvalue weighted by molar-refractivity contribution is -0.00789. The maximum atomic E-state index is 5.39. The molecule has 1 aliphatic rings. The van der Waals surface area contributed by atoms with Gasteiger partial charge in [-0.3, -0.25) is 0 Å². The van der Waals surface area contributed by atoms with E-state index >= 15 is 0 Å². The van der Waals surface area contributed by atoms with Gasteiger partial charge in [-0.25, -0.2) is 0 Å². The summed E-state index contributed by atoms with van der Waals surface area (Å²) in [6.07, 6.45) is 3.11. The highest BCUT2D eigenvalue weighted by molar-refractivity contribution is 4.65. The lowest BCUT2D eigenvalue weighted by Crippen LogP contribution is -2.23. The molecule has 0 radical (unpaired) electrons. The summed E-state index contributed by atoms with van der Waals surface area (Å²) in [6, 6.07) is 0. The summed E-state index contributed by atoms with van der Waals surface area (Å²) in [6.45, 7) is 13.4. The van der Waals surface area contributed by atoms with E-state index in [4.69, 9.17) is 4.74 Å². The van der Waals surface area contributed by atoms with Crippen LogP contribution in [0.5, 0.6) is 0 Å². The lowest BCUT2D eigenvalue weighted by Gasteiger charge is -2.25. The molecule has 0 N–H and O–H groups in total. The van der Waals surface area contributed by atoms with Gasteiger partial charge in [0.15, 0.2) is 0 Å². The van der Waals surface area contributed by atoms with Gasteiger partial charge in [0, 0.05) is 6.61 Å². The van der Waals surface area contributed by atoms with Crippen molar-refractivity contribution in [2.24, 2.45) is 5.92 Å². The average molecular weight is 174 g/mol. The van der Waals surface area contributed by atoms with Crippen molar-refractivity contribution in [3.05, 3.63) is 0 Å². The Kier molecular flexibility index (Phi) is 13.2. The molecule has 1 aliphatic heterocycles. The second-order valence-electron chi connectivity index (χ2n) is 2.70. The summed E-state index contributed by atoms with van der Waals surface area (Å²) in [5.41, 5.74) is 0. The number of hydrogen-bond donors (Lipinski definition) is 0. The number of hydrogen-bond acceptors (Lipinski definition) is 1. The zero-order valence-corrected chi connectivity index (χ0v) is 9.68. The maximum absolute atomic E-state index is 5.39. The first-order valence-electron chi connectivity index (χ1n) is 5.42. The van der Waals surface area contributed by atoms with Gasteiger partial charge in [0.1, 0.15) is 0 Å². The molecule has 0 aliphatic carbocycles. The van der Waals surface area contributed by atoms with E-state index in [1.807, 2.05) is 27.7 Å². The highest BCUT2D eigenvalue weighted by atomic mass is 16.5. The molecule has 1 heteroatoms. The smallest absolute Gasteiger partial charge is 0.0572 e. The van der Waals surface area contributed by atoms with Crippen LogP contribution in [0.3, 0.4) is 0 Å². The van der Waals surface area contributed by atoms with E-state index in [-0.39, 0.29) is 0 Å². The second kappa shape index (κ2) is 11.0. The molecule has 0 amide bonds. The van der Waals surface area contributed by atoms with Crippen LogP contribution in [-0.4, -0.2) is 12.7 Å². The van der Waals surface area contributed by atoms with Crippen molar-refractivity contribution >= 4 is 0 Å². The third-order valence-corrected chi connectivity index (χ3v) is 1.99. The predicted octanol–water partition coefficient (Wildman–Crippen LogP) is 3.87. The molecule has 12 heavy (non-hydrogen) atoms. The molecule has 1 rings (SSSR count). The molecule has 1 nitrogen and oxygen atoms in total. The Morgan fingerprint density at radius 3 is 1.75 bits per heavy atom. The quantitative estimate of drug-likeness (QED) is 0.541. The second-order valence-corrected chi connectivity index (χ2v) is 2.70. The van der Waals surface area contributed by atoms with E-state index in [1.165, 1.54) is 12.8 Å². The summed E-state index contributed by atoms with van der Waals surface area (Å²) in [7, 11) is 0. The van der Waals surface area contributed by atoms with Crippen molar-refractivity contribution < 1.29 is 4.74 Å². The van der Waals surface area contributed by atoms with Crippen LogP contribution in [0.15, 0.2) is 0 Å². The van der Waals surface area contributed by atoms with Crippen molar-refractivity contribution in [3.63, 3.8) is 0 Å². The first-order chi connectivity index (χ1) is 5.80. The van der Waals surface area contributed by atoms with E-state index in [9.17, 15) is 0 Å². The number of ether oxygens (including phenoxy) is 1. The standard InChI is InChI=1S/C7H14O.2C2H6/c1-6-4-3-5-8-7(6)2;2*1-2/h6-7H,3-5H2,1-2H3;2*1-2H3. The van der Waals surface area contributed by atoms with E-state index in [0.29, 0.717) is 6.10 Å². The van der Waals surface area contributed by atoms with Crippen LogP contribution in [0.4, 0.5) is 0 Å². The zero-order chi connectivity index (χ0) is 9.98. The Bertz CT molecular complexity index is 61.4. The van der Waals surface area contributed by atoms with Crippen molar-refractivity contribution in [1.82, 2.24) is 0 Å². The van der Waals surface area contributed by atoms with Crippen LogP contribution in [0.2, 0.25) is 0 Å². The van der Waals surface area contributed by atoms with Gasteiger partial charge in [-0.15, -0.1) is 0 Å². The SMILES string of the molecule is CC.CC.CC1CCCOC1C. The monoisotopic (exact) mass is 174 g/mol. The fourth-order valence-corrected chi connectivity index (χ4v) is 1.07. The topological polar surface area (TPSA) is 9.23 Å². The molecule has 0 bridgehead atoms. The molecule has 2 unspecified atom stereocenters. The van der Waals surface area contributed by atoms with Crippen molar-refractivity contribution in [2.45, 2.75) is 60.5 Å². The van der Waals surface area contributed by atoms with Gasteiger partial charge in [-0.2, -0.15) is 0 Å². The first kappa shape index (κ1) is 14.5. The molecular formula is C11H26O. The summed E-state index contributed by atoms with van der Waals surface area (Å²) in [5.74, 6) is 0.781. The molecular weight excluding hydrogens is 148 g/mol. The maximum Gasteiger partial charge on any atom is 0.0572 e. The number of rotatable bonds is 0. The van der Waals surface area contributed by atoms with Gasteiger partial charge >= 0.3 is 0 Å². The van der Waals surface area contributed by atoms with Gasteiger partial charge in [-0.05, 0) is 25.7 Å². The van der Waals surface area contributed by atoms with E-state index in [2.05, 4.69) is 13.8 Å². The Labute approximate surface area is 78.5 Å². The lowest BCUT2D eigenvalue weighted by atomic mass is 9.98. The molecule has 0 spiro atoms. The van der Waals surface area contributed by atoms with Crippen LogP contribution in [0.1, 0.15) is 54.4 Å². The van der Waals surface area contributed by atoms with E-state index in [1.54, 1.807) is 0 Å². The minimum atomic E-state index is 0.503. The Morgan fingerprint density at radius 2 is 1.50 bits per heavy atom. The van der Waals surface area contributed by atoms with Gasteiger partial charge in [0.25, 0.3) is 0 Å². The summed E-state index contributed by atoms with van der Waals surface area (Å²) < 4.78 is 5.39. The normalized spacial score (nSPS) is 27.5. The minimum absolute atomic E-state index is 0.503. The van der Waals surface area contributed by atoms with Crippen molar-refractivity contribution in [2.75, 3.05) is 6.61 Å². The summed E-state index contributed by atoms with van der Waals surface area (Å²) >= 11 is 0. The van der Waals surface area contributed by atoms with Gasteiger partial charge in [0.2, 0.25) is 0 Å². The van der Waals surface area contributed by atoms with E-state index in [0.717, 1.165) is 12.5 Å². The summed E-state index contributed by atoms with van der Waals surface area (Å²) in [5, 5.41) is 0. The molecule has 2 atom stereocenters. The van der Waals surface area contributed by atoms with Crippen LogP contribution >= 0.6 is 0 Å². The van der Waals surface area contributed by atoms with Crippen molar-refractivity contribution in [1.29, 1.82) is 0 Å². The predicted molar refractivity (Wildman–Crippen MR) is 56.5 cm³/mol. The molecule has 0 aromatic heterocycles. The third-order valence-electron chi connectivity index (χ3n) is 1.99. The fourth-order valence-electron chi connectivity index (χ4n) is 1.07. The third kappa shape index (κ3) is 6.66. The van der Waals surface area contributed by atoms with Crippen LogP contribution in [0.25, 0.3) is 0 Å². The van der Waals surface area contributed by atoms with Gasteiger partial charge in [-0.1, -0.05) is 34.6 Å². The molecule has 76 valence electrons. The highest BCUT2D eigenvalue weighted by Crippen LogP contribution is 2.18. The largest absolute Gasteiger partial charge is 0.378 e. The molecule has 1 heterocycles. The molecule has 0 aromatic rings. The Morgan fingerprint density at radius 1 is 1.00 bits per heavy atom. The van der Waals surface area contributed by atoms with Crippen LogP contribution < -0.4 is 0 Å². The Balaban J connectivity index is 0. The molecule has 1 saturated heterocycles. The van der Waals surface area contributed by atoms with E-state index < -0.39 is 0 Å². The molecule has 1 fully saturated rings. The summed E-state index contributed by atoms with van der Waals surface area (Å²) in [4.78, 5) is 0. The highest BCUT2D eigenvalue weighted by Gasteiger charge is 2.16.